The van der Waals surface area contributed by atoms with Crippen molar-refractivity contribution < 1.29 is 0 Å². The van der Waals surface area contributed by atoms with Crippen LogP contribution in [0.5, 0.6) is 0 Å². The number of thiol groups is 1. The van der Waals surface area contributed by atoms with Crippen molar-refractivity contribution in [2.45, 2.75) is 30.7 Å². The average Bonchev–Trinajstić information content (AvgIpc) is 2.15. The van der Waals surface area contributed by atoms with Crippen LogP contribution in [0.15, 0.2) is 0 Å². The molecule has 5 unspecified atom stereocenters. The molecule has 0 saturated heterocycles. The second kappa shape index (κ2) is 4.91. The van der Waals surface area contributed by atoms with Gasteiger partial charge in [0.05, 0.1) is 0 Å². The summed E-state index contributed by atoms with van der Waals surface area (Å²) >= 11 is 6.21. The van der Waals surface area contributed by atoms with Crippen LogP contribution in [0.25, 0.3) is 0 Å². The number of hydrogen-bond donors (Lipinski definition) is 3. The van der Waals surface area contributed by atoms with E-state index in [-0.39, 0.29) is 12.1 Å². The van der Waals surface area contributed by atoms with Crippen LogP contribution >= 0.6 is 24.4 Å². The molecule has 2 nitrogen and oxygen atoms in total. The van der Waals surface area contributed by atoms with Crippen LogP contribution in [-0.4, -0.2) is 29.3 Å². The minimum atomic E-state index is 0.232. The second-order valence-corrected chi connectivity index (χ2v) is 5.41. The van der Waals surface area contributed by atoms with Gasteiger partial charge < -0.3 is 11.5 Å². The monoisotopic (exact) mass is 220 g/mol. The van der Waals surface area contributed by atoms with Gasteiger partial charge in [-0.25, -0.2) is 0 Å². The van der Waals surface area contributed by atoms with Crippen LogP contribution in [0.2, 0.25) is 0 Å². The minimum Gasteiger partial charge on any atom is -0.327 e. The molecule has 1 fully saturated rings. The van der Waals surface area contributed by atoms with E-state index >= 15 is 0 Å². The molecule has 1 rings (SSSR count). The van der Waals surface area contributed by atoms with Crippen molar-refractivity contribution in [1.82, 2.24) is 0 Å². The van der Waals surface area contributed by atoms with Crippen LogP contribution in [0.4, 0.5) is 0 Å². The summed E-state index contributed by atoms with van der Waals surface area (Å²) in [5.41, 5.74) is 12.2. The molecule has 13 heavy (non-hydrogen) atoms. The van der Waals surface area contributed by atoms with Gasteiger partial charge in [0.25, 0.3) is 0 Å². The maximum Gasteiger partial charge on any atom is 0.0202 e. The van der Waals surface area contributed by atoms with E-state index in [2.05, 4.69) is 25.8 Å². The fraction of sp³-hybridized carbons (Fsp3) is 1.00. The zero-order chi connectivity index (χ0) is 10.0. The summed E-state index contributed by atoms with van der Waals surface area (Å²) in [5.74, 6) is 1.84. The molecule has 0 aromatic carbocycles. The highest BCUT2D eigenvalue weighted by Gasteiger charge is 2.37. The molecular weight excluding hydrogens is 200 g/mol. The number of nitrogens with two attached hydrogens (primary N) is 2. The second-order valence-electron chi connectivity index (χ2n) is 3.97. The fourth-order valence-corrected chi connectivity index (χ4v) is 3.48. The SMILES string of the molecule is CSC1CC(CS)C(N)C(C)C1N. The van der Waals surface area contributed by atoms with Crippen LogP contribution in [0.3, 0.4) is 0 Å². The summed E-state index contributed by atoms with van der Waals surface area (Å²) in [6.45, 7) is 2.16. The molecule has 0 spiro atoms. The Kier molecular flexibility index (Phi) is 4.42. The molecule has 1 saturated carbocycles. The van der Waals surface area contributed by atoms with E-state index in [1.807, 2.05) is 11.8 Å². The van der Waals surface area contributed by atoms with E-state index in [1.54, 1.807) is 0 Å². The normalized spacial score (nSPS) is 46.4. The van der Waals surface area contributed by atoms with Gasteiger partial charge in [0.1, 0.15) is 0 Å². The van der Waals surface area contributed by atoms with Gasteiger partial charge in [-0.1, -0.05) is 6.92 Å². The molecule has 5 atom stereocenters. The van der Waals surface area contributed by atoms with Gasteiger partial charge in [-0.15, -0.1) is 0 Å². The molecule has 0 radical (unpaired) electrons. The van der Waals surface area contributed by atoms with E-state index in [0.29, 0.717) is 17.1 Å². The molecule has 0 aliphatic heterocycles. The lowest BCUT2D eigenvalue weighted by Crippen LogP contribution is -2.55. The van der Waals surface area contributed by atoms with Gasteiger partial charge in [-0.05, 0) is 30.3 Å². The average molecular weight is 220 g/mol. The van der Waals surface area contributed by atoms with Crippen molar-refractivity contribution in [3.05, 3.63) is 0 Å². The van der Waals surface area contributed by atoms with Gasteiger partial charge >= 0.3 is 0 Å². The number of hydrogen-bond acceptors (Lipinski definition) is 4. The first-order valence-corrected chi connectivity index (χ1v) is 6.68. The van der Waals surface area contributed by atoms with Crippen LogP contribution < -0.4 is 11.5 Å². The molecule has 0 heterocycles. The van der Waals surface area contributed by atoms with Crippen LogP contribution in [-0.2, 0) is 0 Å². The first kappa shape index (κ1) is 11.7. The van der Waals surface area contributed by atoms with Gasteiger partial charge in [-0.2, -0.15) is 24.4 Å². The fourth-order valence-electron chi connectivity index (χ4n) is 2.09. The Morgan fingerprint density at radius 3 is 2.46 bits per heavy atom. The Labute approximate surface area is 90.6 Å². The van der Waals surface area contributed by atoms with Crippen molar-refractivity contribution in [2.24, 2.45) is 23.3 Å². The highest BCUT2D eigenvalue weighted by Crippen LogP contribution is 2.33. The number of rotatable bonds is 2. The zero-order valence-corrected chi connectivity index (χ0v) is 10.0. The minimum absolute atomic E-state index is 0.232. The largest absolute Gasteiger partial charge is 0.327 e. The Morgan fingerprint density at radius 2 is 2.00 bits per heavy atom. The molecule has 78 valence electrons. The van der Waals surface area contributed by atoms with Crippen LogP contribution in [0.1, 0.15) is 13.3 Å². The maximum absolute atomic E-state index is 6.11. The molecule has 1 aliphatic carbocycles. The summed E-state index contributed by atoms with van der Waals surface area (Å²) in [6.07, 6.45) is 3.25. The van der Waals surface area contributed by atoms with Crippen molar-refractivity contribution in [2.75, 3.05) is 12.0 Å². The first-order valence-electron chi connectivity index (χ1n) is 4.76. The van der Waals surface area contributed by atoms with Gasteiger partial charge in [-0.3, -0.25) is 0 Å². The van der Waals surface area contributed by atoms with Crippen LogP contribution in [0, 0.1) is 11.8 Å². The first-order chi connectivity index (χ1) is 6.11. The van der Waals surface area contributed by atoms with Gasteiger partial charge in [0.2, 0.25) is 0 Å². The van der Waals surface area contributed by atoms with E-state index in [0.717, 1.165) is 12.2 Å². The van der Waals surface area contributed by atoms with Gasteiger partial charge in [0.15, 0.2) is 0 Å². The molecule has 4 heteroatoms. The summed E-state index contributed by atoms with van der Waals surface area (Å²) in [7, 11) is 0. The topological polar surface area (TPSA) is 52.0 Å². The maximum atomic E-state index is 6.11. The third kappa shape index (κ3) is 2.35. The van der Waals surface area contributed by atoms with E-state index < -0.39 is 0 Å². The molecule has 4 N–H and O–H groups in total. The lowest BCUT2D eigenvalue weighted by atomic mass is 9.76. The van der Waals surface area contributed by atoms with Crippen molar-refractivity contribution in [3.8, 4) is 0 Å². The van der Waals surface area contributed by atoms with Crippen molar-refractivity contribution in [3.63, 3.8) is 0 Å². The highest BCUT2D eigenvalue weighted by atomic mass is 32.2. The Hall–Kier alpha value is 0.620. The molecular formula is C9H20N2S2. The third-order valence-corrected chi connectivity index (χ3v) is 4.84. The van der Waals surface area contributed by atoms with E-state index in [1.165, 1.54) is 0 Å². The predicted octanol–water partition coefficient (Wildman–Crippen LogP) is 0.958. The van der Waals surface area contributed by atoms with Gasteiger partial charge in [0, 0.05) is 17.3 Å². The third-order valence-electron chi connectivity index (χ3n) is 3.26. The molecule has 1 aliphatic rings. The van der Waals surface area contributed by atoms with Crippen molar-refractivity contribution in [1.29, 1.82) is 0 Å². The highest BCUT2D eigenvalue weighted by molar-refractivity contribution is 7.99. The quantitative estimate of drug-likeness (QED) is 0.608. The summed E-state index contributed by atoms with van der Waals surface area (Å²) in [4.78, 5) is 0. The molecule has 0 aromatic rings. The Bertz CT molecular complexity index is 146. The Morgan fingerprint density at radius 1 is 1.38 bits per heavy atom. The zero-order valence-electron chi connectivity index (χ0n) is 8.31. The van der Waals surface area contributed by atoms with E-state index in [4.69, 9.17) is 11.5 Å². The molecule has 0 aromatic heterocycles. The summed E-state index contributed by atoms with van der Waals surface area (Å²) < 4.78 is 0. The lowest BCUT2D eigenvalue weighted by molar-refractivity contribution is 0.230. The smallest absolute Gasteiger partial charge is 0.0202 e. The Balaban J connectivity index is 2.66. The molecule has 0 bridgehead atoms. The summed E-state index contributed by atoms with van der Waals surface area (Å²) in [5, 5.41) is 0.562. The van der Waals surface area contributed by atoms with E-state index in [9.17, 15) is 0 Å². The van der Waals surface area contributed by atoms with Crippen molar-refractivity contribution >= 4 is 24.4 Å². The molecule has 0 amide bonds. The summed E-state index contributed by atoms with van der Waals surface area (Å²) in [6, 6.07) is 0.483. The predicted molar refractivity (Wildman–Crippen MR) is 64.4 cm³/mol. The number of thioether (sulfide) groups is 1. The standard InChI is InChI=1S/C9H20N2S2/c1-5-8(10)6(4-12)3-7(13-2)9(5)11/h5-9,12H,3-4,10-11H2,1-2H3. The lowest BCUT2D eigenvalue weighted by Gasteiger charge is -2.42.